The van der Waals surface area contributed by atoms with Crippen LogP contribution in [0.4, 0.5) is 13.2 Å². The third-order valence-electron chi connectivity index (χ3n) is 2.79. The Kier molecular flexibility index (Phi) is 4.42. The minimum Gasteiger partial charge on any atom is -0.384 e. The molecule has 0 heterocycles. The maximum absolute atomic E-state index is 12.6. The highest BCUT2D eigenvalue weighted by atomic mass is 79.9. The quantitative estimate of drug-likeness (QED) is 0.775. The summed E-state index contributed by atoms with van der Waals surface area (Å²) in [6.45, 7) is 0. The summed E-state index contributed by atoms with van der Waals surface area (Å²) in [7, 11) is 0. The van der Waals surface area contributed by atoms with E-state index in [1.165, 1.54) is 12.1 Å². The lowest BCUT2D eigenvalue weighted by atomic mass is 10.00. The minimum atomic E-state index is -4.43. The van der Waals surface area contributed by atoms with Crippen LogP contribution in [0.5, 0.6) is 0 Å². The van der Waals surface area contributed by atoms with E-state index in [1.54, 1.807) is 18.2 Å². The first-order chi connectivity index (χ1) is 9.29. The maximum Gasteiger partial charge on any atom is 0.416 e. The summed E-state index contributed by atoms with van der Waals surface area (Å²) >= 11 is 9.05. The lowest BCUT2D eigenvalue weighted by Crippen LogP contribution is -2.07. The van der Waals surface area contributed by atoms with E-state index in [0.29, 0.717) is 15.1 Å². The van der Waals surface area contributed by atoms with Gasteiger partial charge in [0, 0.05) is 4.47 Å². The van der Waals surface area contributed by atoms with Crippen molar-refractivity contribution in [2.24, 2.45) is 0 Å². The first-order valence-corrected chi connectivity index (χ1v) is 6.76. The van der Waals surface area contributed by atoms with E-state index in [1.807, 2.05) is 0 Å². The zero-order chi connectivity index (χ0) is 14.9. The van der Waals surface area contributed by atoms with Gasteiger partial charge in [-0.15, -0.1) is 0 Å². The number of rotatable bonds is 2. The summed E-state index contributed by atoms with van der Waals surface area (Å²) in [5, 5.41) is 10.6. The normalized spacial score (nSPS) is 13.3. The largest absolute Gasteiger partial charge is 0.416 e. The van der Waals surface area contributed by atoms with Crippen molar-refractivity contribution in [1.82, 2.24) is 0 Å². The molecule has 2 aromatic carbocycles. The molecule has 0 aliphatic carbocycles. The van der Waals surface area contributed by atoms with E-state index < -0.39 is 17.8 Å². The molecule has 0 bridgehead atoms. The van der Waals surface area contributed by atoms with Crippen molar-refractivity contribution in [2.45, 2.75) is 12.3 Å². The van der Waals surface area contributed by atoms with Gasteiger partial charge >= 0.3 is 6.18 Å². The molecular formula is C14H9BrClF3O. The van der Waals surface area contributed by atoms with Crippen LogP contribution in [0.2, 0.25) is 5.02 Å². The van der Waals surface area contributed by atoms with Gasteiger partial charge in [-0.1, -0.05) is 29.8 Å². The average molecular weight is 366 g/mol. The summed E-state index contributed by atoms with van der Waals surface area (Å²) < 4.78 is 38.5. The van der Waals surface area contributed by atoms with Crippen LogP contribution in [-0.4, -0.2) is 5.11 Å². The lowest BCUT2D eigenvalue weighted by molar-refractivity contribution is -0.137. The minimum absolute atomic E-state index is 0.175. The molecule has 1 N–H and O–H groups in total. The van der Waals surface area contributed by atoms with Crippen LogP contribution in [0.15, 0.2) is 46.9 Å². The fourth-order valence-corrected chi connectivity index (χ4v) is 2.27. The zero-order valence-electron chi connectivity index (χ0n) is 9.96. The Balaban J connectivity index is 2.38. The van der Waals surface area contributed by atoms with E-state index in [9.17, 15) is 18.3 Å². The summed E-state index contributed by atoms with van der Waals surface area (Å²) in [6.07, 6.45) is -5.58. The Labute approximate surface area is 127 Å². The molecule has 1 unspecified atom stereocenters. The molecule has 6 heteroatoms. The smallest absolute Gasteiger partial charge is 0.384 e. The van der Waals surface area contributed by atoms with Crippen LogP contribution in [0.3, 0.4) is 0 Å². The highest BCUT2D eigenvalue weighted by Crippen LogP contribution is 2.33. The molecule has 0 fully saturated rings. The molecule has 0 saturated heterocycles. The monoisotopic (exact) mass is 364 g/mol. The molecule has 106 valence electrons. The zero-order valence-corrected chi connectivity index (χ0v) is 12.3. The van der Waals surface area contributed by atoms with Crippen molar-refractivity contribution in [2.75, 3.05) is 0 Å². The van der Waals surface area contributed by atoms with Gasteiger partial charge in [0.25, 0.3) is 0 Å². The second-order valence-electron chi connectivity index (χ2n) is 4.20. The Bertz CT molecular complexity index is 628. The van der Waals surface area contributed by atoms with Crippen LogP contribution in [0.25, 0.3) is 0 Å². The first kappa shape index (κ1) is 15.4. The Morgan fingerprint density at radius 1 is 1.05 bits per heavy atom. The van der Waals surface area contributed by atoms with Gasteiger partial charge in [0.1, 0.15) is 6.10 Å². The highest BCUT2D eigenvalue weighted by molar-refractivity contribution is 9.10. The van der Waals surface area contributed by atoms with Crippen LogP contribution in [0, 0.1) is 0 Å². The number of hydrogen-bond acceptors (Lipinski definition) is 1. The van der Waals surface area contributed by atoms with Crippen LogP contribution in [-0.2, 0) is 6.18 Å². The van der Waals surface area contributed by atoms with Crippen LogP contribution < -0.4 is 0 Å². The fraction of sp³-hybridized carbons (Fsp3) is 0.143. The van der Waals surface area contributed by atoms with Gasteiger partial charge in [-0.2, -0.15) is 13.2 Å². The Morgan fingerprint density at radius 2 is 1.70 bits per heavy atom. The average Bonchev–Trinajstić information content (AvgIpc) is 2.40. The van der Waals surface area contributed by atoms with Crippen molar-refractivity contribution in [3.63, 3.8) is 0 Å². The third-order valence-corrected chi connectivity index (χ3v) is 4.00. The van der Waals surface area contributed by atoms with Gasteiger partial charge in [-0.05, 0) is 51.3 Å². The molecule has 0 aliphatic rings. The topological polar surface area (TPSA) is 20.2 Å². The molecule has 2 rings (SSSR count). The summed E-state index contributed by atoms with van der Waals surface area (Å²) in [4.78, 5) is 0. The predicted octanol–water partition coefficient (Wildman–Crippen LogP) is 5.20. The van der Waals surface area contributed by atoms with E-state index in [-0.39, 0.29) is 5.56 Å². The number of benzene rings is 2. The van der Waals surface area contributed by atoms with Gasteiger partial charge in [-0.25, -0.2) is 0 Å². The van der Waals surface area contributed by atoms with Crippen molar-refractivity contribution in [3.05, 3.63) is 68.7 Å². The summed E-state index contributed by atoms with van der Waals surface area (Å²) in [5.74, 6) is 0. The molecule has 0 radical (unpaired) electrons. The van der Waals surface area contributed by atoms with E-state index >= 15 is 0 Å². The highest BCUT2D eigenvalue weighted by Gasteiger charge is 2.31. The molecule has 1 nitrogen and oxygen atoms in total. The van der Waals surface area contributed by atoms with Gasteiger partial charge in [0.2, 0.25) is 0 Å². The number of halogens is 5. The van der Waals surface area contributed by atoms with Crippen LogP contribution >= 0.6 is 27.5 Å². The molecular weight excluding hydrogens is 357 g/mol. The van der Waals surface area contributed by atoms with Crippen molar-refractivity contribution in [1.29, 1.82) is 0 Å². The van der Waals surface area contributed by atoms with Gasteiger partial charge < -0.3 is 5.11 Å². The summed E-state index contributed by atoms with van der Waals surface area (Å²) in [5.41, 5.74) is -0.156. The molecule has 0 saturated carbocycles. The van der Waals surface area contributed by atoms with E-state index in [2.05, 4.69) is 15.9 Å². The van der Waals surface area contributed by atoms with Crippen LogP contribution in [0.1, 0.15) is 22.8 Å². The van der Waals surface area contributed by atoms with Gasteiger partial charge in [-0.3, -0.25) is 0 Å². The van der Waals surface area contributed by atoms with Crippen molar-refractivity contribution >= 4 is 27.5 Å². The van der Waals surface area contributed by atoms with E-state index in [4.69, 9.17) is 11.6 Å². The first-order valence-electron chi connectivity index (χ1n) is 5.59. The van der Waals surface area contributed by atoms with Gasteiger partial charge in [0.15, 0.2) is 0 Å². The molecule has 0 amide bonds. The number of hydrogen-bond donors (Lipinski definition) is 1. The molecule has 2 aromatic rings. The number of aliphatic hydroxyl groups excluding tert-OH is 1. The Hall–Kier alpha value is -1.04. The van der Waals surface area contributed by atoms with Crippen molar-refractivity contribution < 1.29 is 18.3 Å². The molecule has 1 atom stereocenters. The molecule has 0 aromatic heterocycles. The lowest BCUT2D eigenvalue weighted by Gasteiger charge is -2.14. The SMILES string of the molecule is OC(c1cccc(C(F)(F)F)c1)c1ccc(Cl)c(Br)c1. The molecule has 0 spiro atoms. The molecule has 20 heavy (non-hydrogen) atoms. The molecule has 0 aliphatic heterocycles. The number of alkyl halides is 3. The fourth-order valence-electron chi connectivity index (χ4n) is 1.76. The number of aliphatic hydroxyl groups is 1. The maximum atomic E-state index is 12.6. The second-order valence-corrected chi connectivity index (χ2v) is 5.46. The Morgan fingerprint density at radius 3 is 2.30 bits per heavy atom. The van der Waals surface area contributed by atoms with E-state index in [0.717, 1.165) is 12.1 Å². The second kappa shape index (κ2) is 5.76. The third kappa shape index (κ3) is 3.34. The van der Waals surface area contributed by atoms with Gasteiger partial charge in [0.05, 0.1) is 10.6 Å². The van der Waals surface area contributed by atoms with Crippen molar-refractivity contribution in [3.8, 4) is 0 Å². The predicted molar refractivity (Wildman–Crippen MR) is 74.7 cm³/mol. The summed E-state index contributed by atoms with van der Waals surface area (Å²) in [6, 6.07) is 9.33. The standard InChI is InChI=1S/C14H9BrClF3O/c15-11-7-9(4-5-12(11)16)13(20)8-2-1-3-10(6-8)14(17,18)19/h1-7,13,20H.